The van der Waals surface area contributed by atoms with Crippen LogP contribution in [0.25, 0.3) is 22.6 Å². The van der Waals surface area contributed by atoms with Crippen molar-refractivity contribution in [1.82, 2.24) is 25.1 Å². The van der Waals surface area contributed by atoms with Crippen LogP contribution in [-0.2, 0) is 12.7 Å². The highest BCUT2D eigenvalue weighted by Crippen LogP contribution is 2.32. The number of rotatable bonds is 7. The number of pyridine rings is 1. The van der Waals surface area contributed by atoms with Gasteiger partial charge in [0.05, 0.1) is 11.9 Å². The van der Waals surface area contributed by atoms with Crippen molar-refractivity contribution in [3.63, 3.8) is 0 Å². The molecule has 0 saturated carbocycles. The fraction of sp³-hybridized carbons (Fsp3) is 0.0769. The monoisotopic (exact) mass is 503 g/mol. The Balaban J connectivity index is 1.26. The van der Waals surface area contributed by atoms with Gasteiger partial charge in [-0.1, -0.05) is 0 Å². The number of halogens is 3. The van der Waals surface area contributed by atoms with Crippen molar-refractivity contribution in [1.29, 1.82) is 0 Å². The van der Waals surface area contributed by atoms with Crippen LogP contribution in [0.2, 0.25) is 0 Å². The molecule has 4 N–H and O–H groups in total. The summed E-state index contributed by atoms with van der Waals surface area (Å²) in [4.78, 5) is 12.5. The summed E-state index contributed by atoms with van der Waals surface area (Å²) in [5.41, 5.74) is 7.70. The molecular weight excluding hydrogens is 483 g/mol. The summed E-state index contributed by atoms with van der Waals surface area (Å²) in [6.45, 7) is 0.223. The van der Waals surface area contributed by atoms with Crippen LogP contribution in [0.3, 0.4) is 0 Å². The topological polar surface area (TPSA) is 115 Å². The molecule has 11 heteroatoms. The highest BCUT2D eigenvalue weighted by Gasteiger charge is 2.33. The molecule has 0 aliphatic carbocycles. The molecule has 0 unspecified atom stereocenters. The number of hydrogen-bond acceptors (Lipinski definition) is 7. The van der Waals surface area contributed by atoms with Crippen LogP contribution >= 0.6 is 0 Å². The Morgan fingerprint density at radius 1 is 0.865 bits per heavy atom. The summed E-state index contributed by atoms with van der Waals surface area (Å²) in [5.74, 6) is 1.83. The zero-order valence-corrected chi connectivity index (χ0v) is 19.2. The zero-order chi connectivity index (χ0) is 25.8. The maximum atomic E-state index is 13.4. The van der Waals surface area contributed by atoms with E-state index in [1.54, 1.807) is 36.7 Å². The summed E-state index contributed by atoms with van der Waals surface area (Å²) in [5, 5.41) is 9.35. The molecule has 3 aromatic heterocycles. The van der Waals surface area contributed by atoms with E-state index in [0.717, 1.165) is 11.6 Å². The Morgan fingerprint density at radius 2 is 1.54 bits per heavy atom. The first kappa shape index (κ1) is 23.8. The van der Waals surface area contributed by atoms with Crippen molar-refractivity contribution in [2.24, 2.45) is 0 Å². The van der Waals surface area contributed by atoms with E-state index in [1.165, 1.54) is 18.5 Å². The smallest absolute Gasteiger partial charge is 0.433 e. The van der Waals surface area contributed by atoms with Gasteiger partial charge in [-0.2, -0.15) is 18.3 Å². The number of nitrogens with two attached hydrogens (primary N) is 1. The normalized spacial score (nSPS) is 11.3. The van der Waals surface area contributed by atoms with Gasteiger partial charge in [-0.15, -0.1) is 0 Å². The second kappa shape index (κ2) is 9.97. The Kier molecular flexibility index (Phi) is 6.42. The summed E-state index contributed by atoms with van der Waals surface area (Å²) >= 11 is 0. The molecule has 5 rings (SSSR count). The highest BCUT2D eigenvalue weighted by atomic mass is 19.4. The summed E-state index contributed by atoms with van der Waals surface area (Å²) in [6, 6.07) is 16.9. The molecule has 2 aromatic carbocycles. The minimum atomic E-state index is -4.59. The molecule has 37 heavy (non-hydrogen) atoms. The second-order valence-corrected chi connectivity index (χ2v) is 8.07. The number of H-pyrrole nitrogens is 1. The molecule has 0 saturated heterocycles. The quantitative estimate of drug-likeness (QED) is 0.236. The number of nitrogen functional groups attached to an aromatic ring is 1. The number of ether oxygens (including phenoxy) is 1. The predicted octanol–water partition coefficient (Wildman–Crippen LogP) is 5.93. The van der Waals surface area contributed by atoms with Gasteiger partial charge in [0.1, 0.15) is 17.2 Å². The van der Waals surface area contributed by atoms with Crippen LogP contribution in [-0.4, -0.2) is 25.1 Å². The van der Waals surface area contributed by atoms with E-state index in [-0.39, 0.29) is 17.9 Å². The Hall–Kier alpha value is -4.93. The van der Waals surface area contributed by atoms with Crippen molar-refractivity contribution in [3.05, 3.63) is 96.7 Å². The van der Waals surface area contributed by atoms with Gasteiger partial charge in [-0.25, -0.2) is 15.0 Å². The van der Waals surface area contributed by atoms with Crippen LogP contribution in [0, 0.1) is 0 Å². The van der Waals surface area contributed by atoms with E-state index in [9.17, 15) is 13.2 Å². The molecule has 0 amide bonds. The third-order valence-electron chi connectivity index (χ3n) is 5.34. The van der Waals surface area contributed by atoms with Crippen molar-refractivity contribution in [2.45, 2.75) is 12.7 Å². The standard InChI is InChI=1S/C26H20F3N7O/c27-26(28,29)24-10-20(9-23(36-24)18-14-34-35-15-18)31-11-16-12-32-25(33-13-16)17-1-5-21(6-2-17)37-22-7-3-19(30)4-8-22/h1-10,12-15H,11,30H2,(H,31,36)(H,34,35). The number of hydrogen-bond donors (Lipinski definition) is 3. The lowest BCUT2D eigenvalue weighted by Gasteiger charge is -2.12. The van der Waals surface area contributed by atoms with E-state index in [2.05, 4.69) is 30.5 Å². The number of alkyl halides is 3. The van der Waals surface area contributed by atoms with Crippen LogP contribution in [0.5, 0.6) is 11.5 Å². The first-order valence-corrected chi connectivity index (χ1v) is 11.1. The predicted molar refractivity (Wildman–Crippen MR) is 133 cm³/mol. The average Bonchev–Trinajstić information content (AvgIpc) is 3.44. The van der Waals surface area contributed by atoms with Crippen LogP contribution in [0.1, 0.15) is 11.3 Å². The van der Waals surface area contributed by atoms with Crippen molar-refractivity contribution in [2.75, 3.05) is 11.1 Å². The Bertz CT molecular complexity index is 1470. The van der Waals surface area contributed by atoms with Gasteiger partial charge in [0, 0.05) is 53.2 Å². The molecule has 0 atom stereocenters. The second-order valence-electron chi connectivity index (χ2n) is 8.07. The Morgan fingerprint density at radius 3 is 2.16 bits per heavy atom. The van der Waals surface area contributed by atoms with Gasteiger partial charge in [-0.05, 0) is 60.7 Å². The third kappa shape index (κ3) is 5.84. The fourth-order valence-electron chi connectivity index (χ4n) is 3.46. The maximum absolute atomic E-state index is 13.4. The molecular formula is C26H20F3N7O. The van der Waals surface area contributed by atoms with Crippen molar-refractivity contribution >= 4 is 11.4 Å². The minimum absolute atomic E-state index is 0.154. The van der Waals surface area contributed by atoms with E-state index in [4.69, 9.17) is 10.5 Å². The van der Waals surface area contributed by atoms with Crippen LogP contribution < -0.4 is 15.8 Å². The minimum Gasteiger partial charge on any atom is -0.457 e. The fourth-order valence-corrected chi connectivity index (χ4v) is 3.46. The first-order valence-electron chi connectivity index (χ1n) is 11.1. The van der Waals surface area contributed by atoms with Crippen LogP contribution in [0.15, 0.2) is 85.5 Å². The molecule has 8 nitrogen and oxygen atoms in total. The molecule has 0 aliphatic rings. The van der Waals surface area contributed by atoms with E-state index < -0.39 is 11.9 Å². The van der Waals surface area contributed by atoms with Gasteiger partial charge < -0.3 is 15.8 Å². The Labute approximate surface area is 209 Å². The lowest BCUT2D eigenvalue weighted by atomic mass is 10.2. The number of aromatic nitrogens is 5. The van der Waals surface area contributed by atoms with E-state index in [0.29, 0.717) is 34.1 Å². The molecule has 5 aromatic rings. The summed E-state index contributed by atoms with van der Waals surface area (Å²) in [7, 11) is 0. The van der Waals surface area contributed by atoms with Gasteiger partial charge in [0.15, 0.2) is 5.82 Å². The molecule has 0 fully saturated rings. The third-order valence-corrected chi connectivity index (χ3v) is 5.34. The SMILES string of the molecule is Nc1ccc(Oc2ccc(-c3ncc(CNc4cc(-c5cn[nH]c5)nc(C(F)(F)F)c4)cn3)cc2)cc1. The van der Waals surface area contributed by atoms with Gasteiger partial charge in [0.25, 0.3) is 0 Å². The van der Waals surface area contributed by atoms with Gasteiger partial charge in [0.2, 0.25) is 0 Å². The lowest BCUT2D eigenvalue weighted by molar-refractivity contribution is -0.141. The van der Waals surface area contributed by atoms with Crippen molar-refractivity contribution in [3.8, 4) is 34.1 Å². The number of anilines is 2. The largest absolute Gasteiger partial charge is 0.457 e. The van der Waals surface area contributed by atoms with Gasteiger partial charge >= 0.3 is 6.18 Å². The van der Waals surface area contributed by atoms with Gasteiger partial charge in [-0.3, -0.25) is 5.10 Å². The first-order chi connectivity index (χ1) is 17.8. The van der Waals surface area contributed by atoms with Crippen LogP contribution in [0.4, 0.5) is 24.5 Å². The molecule has 3 heterocycles. The maximum Gasteiger partial charge on any atom is 0.433 e. The average molecular weight is 503 g/mol. The van der Waals surface area contributed by atoms with E-state index in [1.807, 2.05) is 24.3 Å². The van der Waals surface area contributed by atoms with E-state index >= 15 is 0 Å². The molecule has 0 spiro atoms. The zero-order valence-electron chi connectivity index (χ0n) is 19.2. The lowest BCUT2D eigenvalue weighted by Crippen LogP contribution is -2.10. The molecule has 0 radical (unpaired) electrons. The molecule has 0 aliphatic heterocycles. The molecule has 186 valence electrons. The van der Waals surface area contributed by atoms with Crippen molar-refractivity contribution < 1.29 is 17.9 Å². The number of benzene rings is 2. The number of nitrogens with zero attached hydrogens (tertiary/aromatic N) is 4. The number of nitrogens with one attached hydrogen (secondary N) is 2. The summed E-state index contributed by atoms with van der Waals surface area (Å²) in [6.07, 6.45) is 1.55. The number of aromatic amines is 1. The molecule has 0 bridgehead atoms. The summed E-state index contributed by atoms with van der Waals surface area (Å²) < 4.78 is 45.9. The highest BCUT2D eigenvalue weighted by molar-refractivity contribution is 5.64.